The van der Waals surface area contributed by atoms with Crippen LogP contribution in [0.2, 0.25) is 5.02 Å². The Balaban J connectivity index is 1.50. The number of amides is 1. The zero-order valence-corrected chi connectivity index (χ0v) is 17.5. The molecule has 5 nitrogen and oxygen atoms in total. The highest BCUT2D eigenvalue weighted by atomic mass is 35.5. The maximum Gasteiger partial charge on any atom is 0.271 e. The van der Waals surface area contributed by atoms with E-state index < -0.39 is 0 Å². The Labute approximate surface area is 184 Å². The summed E-state index contributed by atoms with van der Waals surface area (Å²) in [5.74, 6) is -0.265. The van der Waals surface area contributed by atoms with Crippen LogP contribution in [0.1, 0.15) is 15.9 Å². The van der Waals surface area contributed by atoms with Gasteiger partial charge in [0.1, 0.15) is 0 Å². The van der Waals surface area contributed by atoms with E-state index in [4.69, 9.17) is 23.8 Å². The monoisotopic (exact) mass is 434 g/mol. The first-order valence-electron chi connectivity index (χ1n) is 9.35. The molecular weight excluding hydrogens is 416 g/mol. The van der Waals surface area contributed by atoms with Crippen molar-refractivity contribution < 1.29 is 4.79 Å². The van der Waals surface area contributed by atoms with Crippen molar-refractivity contribution in [1.82, 2.24) is 15.4 Å². The van der Waals surface area contributed by atoms with Gasteiger partial charge in [-0.25, -0.2) is 0 Å². The predicted octanol–water partition coefficient (Wildman–Crippen LogP) is 4.97. The minimum Gasteiger partial charge on any atom is -0.342 e. The number of benzene rings is 3. The van der Waals surface area contributed by atoms with Gasteiger partial charge in [-0.15, -0.1) is 0 Å². The van der Waals surface area contributed by atoms with E-state index in [0.717, 1.165) is 22.2 Å². The Kier molecular flexibility index (Phi) is 5.97. The molecule has 0 aliphatic rings. The lowest BCUT2D eigenvalue weighted by Crippen LogP contribution is -2.43. The SMILES string of the molecule is O=C(NNC(=S)Nc1ccccc1)c1cn(Cc2ccc(Cl)cc2)c2ccccc12. The molecule has 4 aromatic rings. The van der Waals surface area contributed by atoms with E-state index >= 15 is 0 Å². The van der Waals surface area contributed by atoms with Crippen LogP contribution in [0.25, 0.3) is 10.9 Å². The third-order valence-corrected chi connectivity index (χ3v) is 5.08. The molecule has 0 aliphatic heterocycles. The smallest absolute Gasteiger partial charge is 0.271 e. The fraction of sp³-hybridized carbons (Fsp3) is 0.0435. The first-order chi connectivity index (χ1) is 14.6. The molecular formula is C23H19ClN4OS. The van der Waals surface area contributed by atoms with Gasteiger partial charge in [0.25, 0.3) is 5.91 Å². The first kappa shape index (κ1) is 19.9. The topological polar surface area (TPSA) is 58.1 Å². The molecule has 0 spiro atoms. The molecule has 150 valence electrons. The summed E-state index contributed by atoms with van der Waals surface area (Å²) in [5.41, 5.74) is 8.90. The van der Waals surface area contributed by atoms with Crippen molar-refractivity contribution in [3.05, 3.63) is 101 Å². The van der Waals surface area contributed by atoms with Gasteiger partial charge in [-0.05, 0) is 48.1 Å². The number of nitrogens with one attached hydrogen (secondary N) is 3. The molecule has 0 unspecified atom stereocenters. The number of hydrogen-bond donors (Lipinski definition) is 3. The van der Waals surface area contributed by atoms with Gasteiger partial charge >= 0.3 is 0 Å². The Bertz CT molecular complexity index is 1190. The quantitative estimate of drug-likeness (QED) is 0.313. The number of anilines is 1. The van der Waals surface area contributed by atoms with Crippen LogP contribution in [-0.4, -0.2) is 15.6 Å². The highest BCUT2D eigenvalue weighted by Crippen LogP contribution is 2.23. The predicted molar refractivity (Wildman–Crippen MR) is 126 cm³/mol. The average Bonchev–Trinajstić information content (AvgIpc) is 3.13. The van der Waals surface area contributed by atoms with E-state index in [9.17, 15) is 4.79 Å². The van der Waals surface area contributed by atoms with Crippen molar-refractivity contribution in [3.63, 3.8) is 0 Å². The second-order valence-electron chi connectivity index (χ2n) is 6.71. The summed E-state index contributed by atoms with van der Waals surface area (Å²) in [6.45, 7) is 0.631. The van der Waals surface area contributed by atoms with Crippen LogP contribution in [0.4, 0.5) is 5.69 Å². The molecule has 1 aromatic heterocycles. The molecule has 0 atom stereocenters. The summed E-state index contributed by atoms with van der Waals surface area (Å²) in [5, 5.41) is 4.89. The van der Waals surface area contributed by atoms with Gasteiger partial charge in [0.15, 0.2) is 5.11 Å². The number of hydrogen-bond acceptors (Lipinski definition) is 2. The zero-order valence-electron chi connectivity index (χ0n) is 15.9. The van der Waals surface area contributed by atoms with Crippen LogP contribution < -0.4 is 16.2 Å². The van der Waals surface area contributed by atoms with E-state index in [1.165, 1.54) is 0 Å². The number of hydrazine groups is 1. The second-order valence-corrected chi connectivity index (χ2v) is 7.56. The minimum absolute atomic E-state index is 0.265. The molecule has 1 amide bonds. The molecule has 7 heteroatoms. The summed E-state index contributed by atoms with van der Waals surface area (Å²) in [6, 6.07) is 25.0. The van der Waals surface area contributed by atoms with E-state index in [0.29, 0.717) is 22.2 Å². The van der Waals surface area contributed by atoms with Crippen LogP contribution >= 0.6 is 23.8 Å². The summed E-state index contributed by atoms with van der Waals surface area (Å²) < 4.78 is 2.05. The number of thiocarbonyl (C=S) groups is 1. The van der Waals surface area contributed by atoms with Crippen LogP contribution in [0.15, 0.2) is 85.1 Å². The number of aromatic nitrogens is 1. The lowest BCUT2D eigenvalue weighted by atomic mass is 10.2. The fourth-order valence-electron chi connectivity index (χ4n) is 3.21. The van der Waals surface area contributed by atoms with Gasteiger partial charge < -0.3 is 9.88 Å². The number of carbonyl (C=O) groups is 1. The molecule has 0 bridgehead atoms. The van der Waals surface area contributed by atoms with Crippen molar-refractivity contribution in [2.45, 2.75) is 6.54 Å². The first-order valence-corrected chi connectivity index (χ1v) is 10.1. The Morgan fingerprint density at radius 1 is 0.900 bits per heavy atom. The Morgan fingerprint density at radius 2 is 1.60 bits per heavy atom. The largest absolute Gasteiger partial charge is 0.342 e. The molecule has 30 heavy (non-hydrogen) atoms. The summed E-state index contributed by atoms with van der Waals surface area (Å²) in [4.78, 5) is 12.8. The maximum absolute atomic E-state index is 12.8. The van der Waals surface area contributed by atoms with Gasteiger partial charge in [0, 0.05) is 34.4 Å². The highest BCUT2D eigenvalue weighted by molar-refractivity contribution is 7.80. The molecule has 3 N–H and O–H groups in total. The molecule has 0 fully saturated rings. The lowest BCUT2D eigenvalue weighted by Gasteiger charge is -2.11. The van der Waals surface area contributed by atoms with Crippen molar-refractivity contribution in [2.75, 3.05) is 5.32 Å². The van der Waals surface area contributed by atoms with E-state index in [1.54, 1.807) is 0 Å². The molecule has 4 rings (SSSR count). The van der Waals surface area contributed by atoms with E-state index in [2.05, 4.69) is 16.2 Å². The molecule has 1 heterocycles. The number of halogens is 1. The third-order valence-electron chi connectivity index (χ3n) is 4.62. The average molecular weight is 435 g/mol. The minimum atomic E-state index is -0.265. The fourth-order valence-corrected chi connectivity index (χ4v) is 3.50. The van der Waals surface area contributed by atoms with Crippen molar-refractivity contribution in [2.24, 2.45) is 0 Å². The highest BCUT2D eigenvalue weighted by Gasteiger charge is 2.15. The molecule has 3 aromatic carbocycles. The molecule has 0 radical (unpaired) electrons. The number of nitrogens with zero attached hydrogens (tertiary/aromatic N) is 1. The number of para-hydroxylation sites is 2. The summed E-state index contributed by atoms with van der Waals surface area (Å²) in [6.07, 6.45) is 1.85. The molecule has 0 aliphatic carbocycles. The van der Waals surface area contributed by atoms with Gasteiger partial charge in [0.05, 0.1) is 5.56 Å². The Morgan fingerprint density at radius 3 is 2.37 bits per heavy atom. The van der Waals surface area contributed by atoms with Gasteiger partial charge in [-0.3, -0.25) is 15.6 Å². The number of rotatable bonds is 4. The lowest BCUT2D eigenvalue weighted by molar-refractivity contribution is 0.0945. The standard InChI is InChI=1S/C23H19ClN4OS/c24-17-12-10-16(11-13-17)14-28-15-20(19-8-4-5-9-21(19)28)22(29)26-27-23(30)25-18-6-2-1-3-7-18/h1-13,15H,14H2,(H,26,29)(H2,25,27,30). The summed E-state index contributed by atoms with van der Waals surface area (Å²) in [7, 11) is 0. The van der Waals surface area contributed by atoms with Gasteiger partial charge in [-0.2, -0.15) is 0 Å². The number of carbonyl (C=O) groups excluding carboxylic acids is 1. The van der Waals surface area contributed by atoms with Crippen LogP contribution in [-0.2, 0) is 6.54 Å². The zero-order chi connectivity index (χ0) is 20.9. The molecule has 0 saturated heterocycles. The third kappa shape index (κ3) is 4.62. The Hall–Kier alpha value is -3.35. The maximum atomic E-state index is 12.8. The number of fused-ring (bicyclic) bond motifs is 1. The van der Waals surface area contributed by atoms with Crippen molar-refractivity contribution >= 4 is 51.4 Å². The molecule has 0 saturated carbocycles. The van der Waals surface area contributed by atoms with Gasteiger partial charge in [-0.1, -0.05) is 60.1 Å². The van der Waals surface area contributed by atoms with Crippen molar-refractivity contribution in [3.8, 4) is 0 Å². The van der Waals surface area contributed by atoms with E-state index in [-0.39, 0.29) is 5.91 Å². The van der Waals surface area contributed by atoms with Crippen LogP contribution in [0, 0.1) is 0 Å². The second kappa shape index (κ2) is 8.98. The van der Waals surface area contributed by atoms with Crippen LogP contribution in [0.3, 0.4) is 0 Å². The van der Waals surface area contributed by atoms with E-state index in [1.807, 2.05) is 89.6 Å². The summed E-state index contributed by atoms with van der Waals surface area (Å²) >= 11 is 11.2. The normalized spacial score (nSPS) is 10.6. The van der Waals surface area contributed by atoms with Crippen LogP contribution in [0.5, 0.6) is 0 Å². The van der Waals surface area contributed by atoms with Gasteiger partial charge in [0.2, 0.25) is 0 Å². The van der Waals surface area contributed by atoms with Crippen molar-refractivity contribution in [1.29, 1.82) is 0 Å².